The number of carbonyl (C=O) groups is 1. The summed E-state index contributed by atoms with van der Waals surface area (Å²) >= 11 is 6.14. The van der Waals surface area contributed by atoms with E-state index < -0.39 is 0 Å². The number of benzene rings is 2. The van der Waals surface area contributed by atoms with Gasteiger partial charge in [0.25, 0.3) is 5.91 Å². The normalized spacial score (nSPS) is 10.9. The second-order valence-corrected chi connectivity index (χ2v) is 6.38. The van der Waals surface area contributed by atoms with Crippen molar-refractivity contribution >= 4 is 28.5 Å². The van der Waals surface area contributed by atoms with E-state index in [1.54, 1.807) is 31.6 Å². The summed E-state index contributed by atoms with van der Waals surface area (Å²) in [6, 6.07) is 10.8. The van der Waals surface area contributed by atoms with Crippen LogP contribution in [-0.2, 0) is 4.74 Å². The Kier molecular flexibility index (Phi) is 6.32. The van der Waals surface area contributed by atoms with Crippen LogP contribution in [0, 0.1) is 0 Å². The number of methoxy groups -OCH3 is 1. The number of imidazole rings is 1. The zero-order valence-electron chi connectivity index (χ0n) is 15.4. The van der Waals surface area contributed by atoms with Crippen LogP contribution in [0.4, 0.5) is 0 Å². The van der Waals surface area contributed by atoms with Gasteiger partial charge in [0.1, 0.15) is 12.1 Å². The van der Waals surface area contributed by atoms with Crippen LogP contribution in [0.25, 0.3) is 16.7 Å². The van der Waals surface area contributed by atoms with Gasteiger partial charge in [-0.3, -0.25) is 9.36 Å². The van der Waals surface area contributed by atoms with Crippen LogP contribution in [0.1, 0.15) is 23.7 Å². The van der Waals surface area contributed by atoms with E-state index in [9.17, 15) is 4.79 Å². The molecule has 0 aliphatic rings. The molecular formula is C20H22ClN3O3. The number of aromatic nitrogens is 2. The van der Waals surface area contributed by atoms with Gasteiger partial charge in [-0.15, -0.1) is 0 Å². The van der Waals surface area contributed by atoms with Crippen LogP contribution in [-0.4, -0.2) is 42.3 Å². The van der Waals surface area contributed by atoms with E-state index >= 15 is 0 Å². The van der Waals surface area contributed by atoms with Crippen molar-refractivity contribution in [2.75, 3.05) is 26.9 Å². The number of rotatable bonds is 8. The summed E-state index contributed by atoms with van der Waals surface area (Å²) in [5.41, 5.74) is 2.95. The Morgan fingerprint density at radius 2 is 2.11 bits per heavy atom. The van der Waals surface area contributed by atoms with Crippen molar-refractivity contribution in [2.45, 2.75) is 13.3 Å². The van der Waals surface area contributed by atoms with Gasteiger partial charge in [0.05, 0.1) is 23.8 Å². The molecule has 2 aromatic carbocycles. The molecule has 0 unspecified atom stereocenters. The summed E-state index contributed by atoms with van der Waals surface area (Å²) in [4.78, 5) is 16.7. The van der Waals surface area contributed by atoms with Crippen LogP contribution >= 0.6 is 11.6 Å². The monoisotopic (exact) mass is 387 g/mol. The highest BCUT2D eigenvalue weighted by molar-refractivity contribution is 6.30. The molecule has 1 N–H and O–H groups in total. The minimum atomic E-state index is -0.122. The maximum Gasteiger partial charge on any atom is 0.251 e. The predicted molar refractivity (Wildman–Crippen MR) is 106 cm³/mol. The van der Waals surface area contributed by atoms with Gasteiger partial charge in [-0.1, -0.05) is 11.6 Å². The third-order valence-corrected chi connectivity index (χ3v) is 4.40. The molecule has 0 fully saturated rings. The highest BCUT2D eigenvalue weighted by atomic mass is 35.5. The molecule has 6 nitrogen and oxygen atoms in total. The SMILES string of the molecule is CCOCCCNC(=O)c1ccc2c(c1)ncn2-c1cc(Cl)ccc1OC. The molecule has 0 saturated heterocycles. The van der Waals surface area contributed by atoms with Gasteiger partial charge in [0.15, 0.2) is 0 Å². The van der Waals surface area contributed by atoms with Crippen molar-refractivity contribution in [3.63, 3.8) is 0 Å². The van der Waals surface area contributed by atoms with Crippen molar-refractivity contribution in [1.29, 1.82) is 0 Å². The molecular weight excluding hydrogens is 366 g/mol. The maximum absolute atomic E-state index is 12.3. The number of carbonyl (C=O) groups excluding carboxylic acids is 1. The van der Waals surface area contributed by atoms with Crippen LogP contribution in [0.5, 0.6) is 5.75 Å². The highest BCUT2D eigenvalue weighted by Gasteiger charge is 2.13. The average Bonchev–Trinajstić information content (AvgIpc) is 3.10. The summed E-state index contributed by atoms with van der Waals surface area (Å²) < 4.78 is 12.6. The first-order chi connectivity index (χ1) is 13.1. The fraction of sp³-hybridized carbons (Fsp3) is 0.300. The van der Waals surface area contributed by atoms with E-state index in [1.165, 1.54) is 0 Å². The number of fused-ring (bicyclic) bond motifs is 1. The fourth-order valence-corrected chi connectivity index (χ4v) is 2.99. The van der Waals surface area contributed by atoms with E-state index in [0.717, 1.165) is 23.1 Å². The topological polar surface area (TPSA) is 65.4 Å². The van der Waals surface area contributed by atoms with Gasteiger partial charge < -0.3 is 14.8 Å². The third-order valence-electron chi connectivity index (χ3n) is 4.16. The van der Waals surface area contributed by atoms with Crippen LogP contribution in [0.15, 0.2) is 42.7 Å². The van der Waals surface area contributed by atoms with Crippen molar-refractivity contribution < 1.29 is 14.3 Å². The van der Waals surface area contributed by atoms with Crippen LogP contribution in [0.3, 0.4) is 0 Å². The maximum atomic E-state index is 12.3. The van der Waals surface area contributed by atoms with Crippen molar-refractivity contribution in [3.05, 3.63) is 53.3 Å². The molecule has 0 bridgehead atoms. The Labute approximate surface area is 163 Å². The molecule has 0 radical (unpaired) electrons. The molecule has 27 heavy (non-hydrogen) atoms. The summed E-state index contributed by atoms with van der Waals surface area (Å²) in [6.07, 6.45) is 2.48. The molecule has 0 atom stereocenters. The Hall–Kier alpha value is -2.57. The van der Waals surface area contributed by atoms with Crippen LogP contribution < -0.4 is 10.1 Å². The van der Waals surface area contributed by atoms with E-state index in [2.05, 4.69) is 10.3 Å². The number of hydrogen-bond acceptors (Lipinski definition) is 4. The van der Waals surface area contributed by atoms with Crippen molar-refractivity contribution in [1.82, 2.24) is 14.9 Å². The molecule has 0 aliphatic carbocycles. The Balaban J connectivity index is 1.81. The molecule has 0 saturated carbocycles. The van der Waals surface area contributed by atoms with Gasteiger partial charge in [-0.2, -0.15) is 0 Å². The summed E-state index contributed by atoms with van der Waals surface area (Å²) in [5.74, 6) is 0.568. The number of nitrogens with one attached hydrogen (secondary N) is 1. The van der Waals surface area contributed by atoms with E-state index in [0.29, 0.717) is 36.1 Å². The Morgan fingerprint density at radius 3 is 2.89 bits per heavy atom. The standard InChI is InChI=1S/C20H22ClN3O3/c1-3-27-10-4-9-22-20(25)14-5-7-17-16(11-14)23-13-24(17)18-12-15(21)6-8-19(18)26-2/h5-8,11-13H,3-4,9-10H2,1-2H3,(H,22,25). The summed E-state index contributed by atoms with van der Waals surface area (Å²) in [5, 5.41) is 3.50. The quantitative estimate of drug-likeness (QED) is 0.596. The van der Waals surface area contributed by atoms with Crippen molar-refractivity contribution in [3.8, 4) is 11.4 Å². The number of halogens is 1. The van der Waals surface area contributed by atoms with E-state index in [4.69, 9.17) is 21.1 Å². The molecule has 7 heteroatoms. The molecule has 1 heterocycles. The second kappa shape index (κ2) is 8.88. The number of amides is 1. The fourth-order valence-electron chi connectivity index (χ4n) is 2.82. The number of hydrogen-bond donors (Lipinski definition) is 1. The zero-order chi connectivity index (χ0) is 19.2. The summed E-state index contributed by atoms with van der Waals surface area (Å²) in [7, 11) is 1.61. The van der Waals surface area contributed by atoms with Gasteiger partial charge in [-0.25, -0.2) is 4.98 Å². The highest BCUT2D eigenvalue weighted by Crippen LogP contribution is 2.29. The van der Waals surface area contributed by atoms with E-state index in [-0.39, 0.29) is 5.91 Å². The van der Waals surface area contributed by atoms with Crippen molar-refractivity contribution in [2.24, 2.45) is 0 Å². The second-order valence-electron chi connectivity index (χ2n) is 5.94. The molecule has 1 aromatic heterocycles. The lowest BCUT2D eigenvalue weighted by Crippen LogP contribution is -2.25. The first-order valence-electron chi connectivity index (χ1n) is 8.81. The minimum Gasteiger partial charge on any atom is -0.495 e. The first kappa shape index (κ1) is 19.2. The lowest BCUT2D eigenvalue weighted by molar-refractivity contribution is 0.0944. The first-order valence-corrected chi connectivity index (χ1v) is 9.18. The lowest BCUT2D eigenvalue weighted by atomic mass is 10.2. The molecule has 3 rings (SSSR count). The van der Waals surface area contributed by atoms with Crippen LogP contribution in [0.2, 0.25) is 5.02 Å². The number of ether oxygens (including phenoxy) is 2. The minimum absolute atomic E-state index is 0.122. The van der Waals surface area contributed by atoms with Gasteiger partial charge in [0, 0.05) is 30.3 Å². The molecule has 142 valence electrons. The van der Waals surface area contributed by atoms with Gasteiger partial charge >= 0.3 is 0 Å². The molecule has 3 aromatic rings. The molecule has 0 spiro atoms. The Morgan fingerprint density at radius 1 is 1.26 bits per heavy atom. The third kappa shape index (κ3) is 4.40. The predicted octanol–water partition coefficient (Wildman–Crippen LogP) is 3.84. The van der Waals surface area contributed by atoms with Gasteiger partial charge in [-0.05, 0) is 49.7 Å². The molecule has 0 aliphatic heterocycles. The smallest absolute Gasteiger partial charge is 0.251 e. The zero-order valence-corrected chi connectivity index (χ0v) is 16.1. The number of nitrogens with zero attached hydrogens (tertiary/aromatic N) is 2. The Bertz CT molecular complexity index is 939. The largest absolute Gasteiger partial charge is 0.495 e. The molecule has 1 amide bonds. The lowest BCUT2D eigenvalue weighted by Gasteiger charge is -2.11. The summed E-state index contributed by atoms with van der Waals surface area (Å²) in [6.45, 7) is 3.85. The average molecular weight is 388 g/mol. The van der Waals surface area contributed by atoms with Gasteiger partial charge in [0.2, 0.25) is 0 Å². The van der Waals surface area contributed by atoms with E-state index in [1.807, 2.05) is 29.7 Å².